The molecule has 1 aliphatic rings. The van der Waals surface area contributed by atoms with Gasteiger partial charge in [-0.05, 0) is 69.5 Å². The van der Waals surface area contributed by atoms with Gasteiger partial charge in [0.25, 0.3) is 0 Å². The number of likely N-dealkylation sites (tertiary alicyclic amines) is 1. The molecule has 3 rings (SSSR count). The summed E-state index contributed by atoms with van der Waals surface area (Å²) < 4.78 is 0. The third-order valence-electron chi connectivity index (χ3n) is 5.44. The highest BCUT2D eigenvalue weighted by molar-refractivity contribution is 7.14. The summed E-state index contributed by atoms with van der Waals surface area (Å²) in [6.45, 7) is 8.14. The maximum atomic E-state index is 12.4. The van der Waals surface area contributed by atoms with E-state index in [1.54, 1.807) is 7.05 Å². The number of rotatable bonds is 5. The highest BCUT2D eigenvalue weighted by Crippen LogP contribution is 2.29. The molecule has 0 spiro atoms. The monoisotopic (exact) mass is 400 g/mol. The molecule has 2 heterocycles. The summed E-state index contributed by atoms with van der Waals surface area (Å²) in [5, 5.41) is 8.23. The number of aromatic nitrogens is 1. The molecule has 2 N–H and O–H groups in total. The van der Waals surface area contributed by atoms with E-state index in [0.717, 1.165) is 37.2 Å². The number of carbonyl (C=O) groups is 2. The Morgan fingerprint density at radius 2 is 1.82 bits per heavy atom. The first-order valence-corrected chi connectivity index (χ1v) is 10.5. The second-order valence-electron chi connectivity index (χ2n) is 7.50. The van der Waals surface area contributed by atoms with Crippen LogP contribution in [0.15, 0.2) is 17.5 Å². The maximum absolute atomic E-state index is 12.4. The van der Waals surface area contributed by atoms with Gasteiger partial charge in [0.1, 0.15) is 0 Å². The van der Waals surface area contributed by atoms with Crippen molar-refractivity contribution < 1.29 is 9.59 Å². The molecule has 1 fully saturated rings. The van der Waals surface area contributed by atoms with Crippen LogP contribution in [0.2, 0.25) is 0 Å². The van der Waals surface area contributed by atoms with Crippen molar-refractivity contribution in [3.8, 4) is 11.3 Å². The number of aryl methyl sites for hydroxylation is 3. The van der Waals surface area contributed by atoms with E-state index in [2.05, 4.69) is 53.4 Å². The van der Waals surface area contributed by atoms with Gasteiger partial charge in [0, 0.05) is 23.9 Å². The van der Waals surface area contributed by atoms with E-state index in [0.29, 0.717) is 11.7 Å². The third-order valence-corrected chi connectivity index (χ3v) is 6.20. The maximum Gasteiger partial charge on any atom is 0.240 e. The zero-order valence-corrected chi connectivity index (χ0v) is 17.8. The number of hydrogen-bond donors (Lipinski definition) is 2. The van der Waals surface area contributed by atoms with E-state index in [4.69, 9.17) is 0 Å². The molecule has 28 heavy (non-hydrogen) atoms. The van der Waals surface area contributed by atoms with E-state index in [1.807, 2.05) is 5.38 Å². The van der Waals surface area contributed by atoms with Crippen LogP contribution < -0.4 is 10.6 Å². The first-order chi connectivity index (χ1) is 13.4. The number of carbonyl (C=O) groups excluding carboxylic acids is 2. The van der Waals surface area contributed by atoms with Crippen molar-refractivity contribution in [1.29, 1.82) is 0 Å². The number of thiazole rings is 1. The summed E-state index contributed by atoms with van der Waals surface area (Å²) in [5.74, 6) is 0.101. The molecule has 1 saturated heterocycles. The number of hydrogen-bond acceptors (Lipinski definition) is 5. The van der Waals surface area contributed by atoms with Gasteiger partial charge in [-0.1, -0.05) is 6.07 Å². The van der Waals surface area contributed by atoms with Crippen LogP contribution in [-0.4, -0.2) is 48.4 Å². The van der Waals surface area contributed by atoms with Gasteiger partial charge in [0.15, 0.2) is 5.13 Å². The van der Waals surface area contributed by atoms with Crippen molar-refractivity contribution in [2.45, 2.75) is 33.6 Å². The van der Waals surface area contributed by atoms with Gasteiger partial charge in [0.2, 0.25) is 11.8 Å². The van der Waals surface area contributed by atoms with Crippen molar-refractivity contribution in [2.75, 3.05) is 32.0 Å². The number of nitrogens with zero attached hydrogens (tertiary/aromatic N) is 2. The lowest BCUT2D eigenvalue weighted by atomic mass is 9.96. The molecular weight excluding hydrogens is 372 g/mol. The fourth-order valence-corrected chi connectivity index (χ4v) is 4.34. The topological polar surface area (TPSA) is 74.3 Å². The lowest BCUT2D eigenvalue weighted by molar-refractivity contribution is -0.126. The molecule has 6 nitrogen and oxygen atoms in total. The summed E-state index contributed by atoms with van der Waals surface area (Å²) in [4.78, 5) is 30.8. The molecule has 2 aromatic rings. The lowest BCUT2D eigenvalue weighted by Gasteiger charge is -2.30. The Bertz CT molecular complexity index is 869. The van der Waals surface area contributed by atoms with Gasteiger partial charge in [0.05, 0.1) is 12.2 Å². The first kappa shape index (κ1) is 20.5. The summed E-state index contributed by atoms with van der Waals surface area (Å²) in [5.41, 5.74) is 5.69. The number of benzene rings is 1. The normalized spacial score (nSPS) is 15.4. The Kier molecular flexibility index (Phi) is 6.46. The van der Waals surface area contributed by atoms with E-state index in [9.17, 15) is 9.59 Å². The fourth-order valence-electron chi connectivity index (χ4n) is 3.61. The lowest BCUT2D eigenvalue weighted by Crippen LogP contribution is -2.42. The van der Waals surface area contributed by atoms with Crippen molar-refractivity contribution >= 4 is 28.3 Å². The summed E-state index contributed by atoms with van der Waals surface area (Å²) in [6, 6.07) is 4.33. The molecule has 2 amide bonds. The van der Waals surface area contributed by atoms with Gasteiger partial charge >= 0.3 is 0 Å². The molecule has 1 aliphatic heterocycles. The Labute approximate surface area is 170 Å². The number of nitrogens with one attached hydrogen (secondary N) is 2. The zero-order chi connectivity index (χ0) is 20.3. The Hall–Kier alpha value is -2.25. The van der Waals surface area contributed by atoms with Crippen molar-refractivity contribution in [2.24, 2.45) is 5.92 Å². The smallest absolute Gasteiger partial charge is 0.240 e. The predicted molar refractivity (Wildman–Crippen MR) is 114 cm³/mol. The van der Waals surface area contributed by atoms with E-state index in [1.165, 1.54) is 28.0 Å². The molecule has 0 unspecified atom stereocenters. The highest BCUT2D eigenvalue weighted by atomic mass is 32.1. The first-order valence-electron chi connectivity index (χ1n) is 9.65. The van der Waals surface area contributed by atoms with Crippen LogP contribution in [0, 0.1) is 26.7 Å². The molecule has 150 valence electrons. The van der Waals surface area contributed by atoms with Crippen LogP contribution in [0.5, 0.6) is 0 Å². The summed E-state index contributed by atoms with van der Waals surface area (Å²) >= 11 is 1.45. The minimum atomic E-state index is -0.0592. The Morgan fingerprint density at radius 1 is 1.14 bits per heavy atom. The average molecular weight is 401 g/mol. The van der Waals surface area contributed by atoms with Crippen molar-refractivity contribution in [1.82, 2.24) is 15.2 Å². The Balaban J connectivity index is 1.56. The quantitative estimate of drug-likeness (QED) is 0.809. The van der Waals surface area contributed by atoms with Crippen LogP contribution in [-0.2, 0) is 9.59 Å². The second kappa shape index (κ2) is 8.84. The molecule has 7 heteroatoms. The van der Waals surface area contributed by atoms with Gasteiger partial charge < -0.3 is 10.6 Å². The number of anilines is 1. The average Bonchev–Trinajstić information content (AvgIpc) is 3.12. The molecule has 0 saturated carbocycles. The highest BCUT2D eigenvalue weighted by Gasteiger charge is 2.25. The van der Waals surface area contributed by atoms with Crippen LogP contribution in [0.25, 0.3) is 11.3 Å². The minimum Gasteiger partial charge on any atom is -0.359 e. The largest absolute Gasteiger partial charge is 0.359 e. The van der Waals surface area contributed by atoms with E-state index in [-0.39, 0.29) is 17.7 Å². The minimum absolute atomic E-state index is 0.0592. The van der Waals surface area contributed by atoms with Crippen molar-refractivity contribution in [3.05, 3.63) is 34.2 Å². The van der Waals surface area contributed by atoms with Crippen LogP contribution in [0.3, 0.4) is 0 Å². The van der Waals surface area contributed by atoms with Gasteiger partial charge in [-0.25, -0.2) is 4.98 Å². The standard InChI is InChI=1S/C21H28N4O2S/c1-13-9-15(3)17(10-14(13)2)18-12-28-21(23-18)24-19(26)11-25-7-5-16(6-8-25)20(27)22-4/h9-10,12,16H,5-8,11H2,1-4H3,(H,22,27)(H,23,24,26). The summed E-state index contributed by atoms with van der Waals surface area (Å²) in [6.07, 6.45) is 1.58. The number of piperidine rings is 1. The molecule has 1 aromatic heterocycles. The molecule has 1 aromatic carbocycles. The molecule has 0 radical (unpaired) electrons. The molecule has 0 aliphatic carbocycles. The van der Waals surface area contributed by atoms with Gasteiger partial charge in [-0.15, -0.1) is 11.3 Å². The fraction of sp³-hybridized carbons (Fsp3) is 0.476. The van der Waals surface area contributed by atoms with E-state index >= 15 is 0 Å². The zero-order valence-electron chi connectivity index (χ0n) is 17.0. The van der Waals surface area contributed by atoms with Crippen LogP contribution in [0.1, 0.15) is 29.5 Å². The van der Waals surface area contributed by atoms with E-state index < -0.39 is 0 Å². The van der Waals surface area contributed by atoms with Crippen LogP contribution >= 0.6 is 11.3 Å². The molecule has 0 bridgehead atoms. The SMILES string of the molecule is CNC(=O)C1CCN(CC(=O)Nc2nc(-c3cc(C)c(C)cc3C)cs2)CC1. The summed E-state index contributed by atoms with van der Waals surface area (Å²) in [7, 11) is 1.67. The second-order valence-corrected chi connectivity index (χ2v) is 8.36. The predicted octanol–water partition coefficient (Wildman–Crippen LogP) is 3.13. The van der Waals surface area contributed by atoms with Crippen LogP contribution in [0.4, 0.5) is 5.13 Å². The Morgan fingerprint density at radius 3 is 2.50 bits per heavy atom. The molecule has 0 atom stereocenters. The van der Waals surface area contributed by atoms with Gasteiger partial charge in [-0.2, -0.15) is 0 Å². The van der Waals surface area contributed by atoms with Crippen molar-refractivity contribution in [3.63, 3.8) is 0 Å². The molecular formula is C21H28N4O2S. The van der Waals surface area contributed by atoms with Gasteiger partial charge in [-0.3, -0.25) is 14.5 Å². The number of amides is 2. The third kappa shape index (κ3) is 4.77.